The highest BCUT2D eigenvalue weighted by atomic mass is 35.5. The van der Waals surface area contributed by atoms with Crippen molar-refractivity contribution in [2.45, 2.75) is 13.2 Å². The molecule has 3 rings (SSSR count). The summed E-state index contributed by atoms with van der Waals surface area (Å²) in [5.74, 6) is 2.03. The van der Waals surface area contributed by atoms with Crippen molar-refractivity contribution < 1.29 is 23.7 Å². The molecule has 0 saturated heterocycles. The minimum Gasteiger partial charge on any atom is -0.493 e. The second kappa shape index (κ2) is 9.85. The summed E-state index contributed by atoms with van der Waals surface area (Å²) in [5.41, 5.74) is 2.36. The highest BCUT2D eigenvalue weighted by Crippen LogP contribution is 2.37. The van der Waals surface area contributed by atoms with Gasteiger partial charge in [0.05, 0.1) is 19.2 Å². The minimum atomic E-state index is 0.242. The molecule has 0 aliphatic heterocycles. The van der Waals surface area contributed by atoms with E-state index in [4.69, 9.17) is 30.5 Å². The van der Waals surface area contributed by atoms with Gasteiger partial charge in [0, 0.05) is 5.56 Å². The maximum Gasteiger partial charge on any atom is 0.180 e. The van der Waals surface area contributed by atoms with Crippen LogP contribution in [-0.4, -0.2) is 20.5 Å². The molecule has 0 heterocycles. The fourth-order valence-electron chi connectivity index (χ4n) is 2.76. The van der Waals surface area contributed by atoms with Gasteiger partial charge in [-0.25, -0.2) is 0 Å². The Morgan fingerprint density at radius 3 is 2.21 bits per heavy atom. The second-order valence-corrected chi connectivity index (χ2v) is 6.61. The van der Waals surface area contributed by atoms with Gasteiger partial charge >= 0.3 is 0 Å². The lowest BCUT2D eigenvalue weighted by Crippen LogP contribution is -2.01. The Hall–Kier alpha value is -3.18. The van der Waals surface area contributed by atoms with Crippen LogP contribution in [0.4, 0.5) is 0 Å². The molecular formula is C23H21ClO5. The summed E-state index contributed by atoms with van der Waals surface area (Å²) in [6.07, 6.45) is 0.706. The van der Waals surface area contributed by atoms with E-state index in [0.717, 1.165) is 11.1 Å². The molecule has 3 aromatic rings. The SMILES string of the molecule is COc1cc(COc2c(Cl)cc(C=O)cc2OC)ccc1OCc1ccccc1. The molecule has 0 aliphatic rings. The lowest BCUT2D eigenvalue weighted by atomic mass is 10.2. The summed E-state index contributed by atoms with van der Waals surface area (Å²) in [5, 5.41) is 0.307. The summed E-state index contributed by atoms with van der Waals surface area (Å²) in [4.78, 5) is 11.0. The molecule has 0 unspecified atom stereocenters. The van der Waals surface area contributed by atoms with Gasteiger partial charge in [-0.2, -0.15) is 0 Å². The van der Waals surface area contributed by atoms with Gasteiger partial charge in [-0.1, -0.05) is 48.0 Å². The molecule has 150 valence electrons. The van der Waals surface area contributed by atoms with Gasteiger partial charge in [0.2, 0.25) is 0 Å². The number of rotatable bonds is 9. The highest BCUT2D eigenvalue weighted by Gasteiger charge is 2.13. The summed E-state index contributed by atoms with van der Waals surface area (Å²) < 4.78 is 22.5. The van der Waals surface area contributed by atoms with Crippen molar-refractivity contribution in [3.8, 4) is 23.0 Å². The summed E-state index contributed by atoms with van der Waals surface area (Å²) >= 11 is 6.23. The molecule has 0 aliphatic carbocycles. The number of halogens is 1. The summed E-state index contributed by atoms with van der Waals surface area (Å²) in [7, 11) is 3.09. The zero-order chi connectivity index (χ0) is 20.6. The lowest BCUT2D eigenvalue weighted by molar-refractivity contribution is 0.112. The van der Waals surface area contributed by atoms with E-state index in [2.05, 4.69) is 0 Å². The predicted molar refractivity (Wildman–Crippen MR) is 111 cm³/mol. The van der Waals surface area contributed by atoms with Gasteiger partial charge in [-0.3, -0.25) is 4.79 Å². The number of carbonyl (C=O) groups excluding carboxylic acids is 1. The molecule has 0 saturated carbocycles. The topological polar surface area (TPSA) is 54.0 Å². The molecule has 0 amide bonds. The van der Waals surface area contributed by atoms with Crippen LogP contribution in [0.5, 0.6) is 23.0 Å². The van der Waals surface area contributed by atoms with E-state index in [0.29, 0.717) is 46.5 Å². The third-order valence-corrected chi connectivity index (χ3v) is 4.52. The monoisotopic (exact) mass is 412 g/mol. The minimum absolute atomic E-state index is 0.242. The maximum atomic E-state index is 11.0. The fraction of sp³-hybridized carbons (Fsp3) is 0.174. The first-order valence-corrected chi connectivity index (χ1v) is 9.31. The Kier molecular flexibility index (Phi) is 6.98. The first-order chi connectivity index (χ1) is 14.1. The van der Waals surface area contributed by atoms with Gasteiger partial charge in [0.1, 0.15) is 19.5 Å². The molecule has 0 radical (unpaired) electrons. The van der Waals surface area contributed by atoms with Crippen LogP contribution < -0.4 is 18.9 Å². The van der Waals surface area contributed by atoms with Crippen LogP contribution in [0.15, 0.2) is 60.7 Å². The smallest absolute Gasteiger partial charge is 0.180 e. The summed E-state index contributed by atoms with van der Waals surface area (Å²) in [6.45, 7) is 0.689. The summed E-state index contributed by atoms with van der Waals surface area (Å²) in [6, 6.07) is 18.6. The lowest BCUT2D eigenvalue weighted by Gasteiger charge is -2.15. The van der Waals surface area contributed by atoms with Crippen molar-refractivity contribution in [2.24, 2.45) is 0 Å². The molecule has 0 fully saturated rings. The first-order valence-electron chi connectivity index (χ1n) is 8.93. The van der Waals surface area contributed by atoms with Gasteiger partial charge in [-0.05, 0) is 35.4 Å². The normalized spacial score (nSPS) is 10.3. The van der Waals surface area contributed by atoms with E-state index in [9.17, 15) is 4.79 Å². The van der Waals surface area contributed by atoms with E-state index in [1.54, 1.807) is 13.2 Å². The Morgan fingerprint density at radius 2 is 1.52 bits per heavy atom. The van der Waals surface area contributed by atoms with E-state index >= 15 is 0 Å². The van der Waals surface area contributed by atoms with Crippen LogP contribution >= 0.6 is 11.6 Å². The van der Waals surface area contributed by atoms with Crippen molar-refractivity contribution in [1.29, 1.82) is 0 Å². The Labute approximate surface area is 174 Å². The Bertz CT molecular complexity index is 973. The molecular weight excluding hydrogens is 392 g/mol. The van der Waals surface area contributed by atoms with Crippen LogP contribution in [-0.2, 0) is 13.2 Å². The van der Waals surface area contributed by atoms with Crippen molar-refractivity contribution in [3.05, 3.63) is 82.4 Å². The van der Waals surface area contributed by atoms with E-state index in [-0.39, 0.29) is 6.61 Å². The molecule has 5 nitrogen and oxygen atoms in total. The number of hydrogen-bond donors (Lipinski definition) is 0. The molecule has 0 N–H and O–H groups in total. The molecule has 0 atom stereocenters. The van der Waals surface area contributed by atoms with Crippen molar-refractivity contribution in [2.75, 3.05) is 14.2 Å². The van der Waals surface area contributed by atoms with Crippen LogP contribution in [0.3, 0.4) is 0 Å². The van der Waals surface area contributed by atoms with Gasteiger partial charge in [0.15, 0.2) is 23.0 Å². The number of hydrogen-bond acceptors (Lipinski definition) is 5. The van der Waals surface area contributed by atoms with Crippen molar-refractivity contribution in [1.82, 2.24) is 0 Å². The molecule has 0 aromatic heterocycles. The fourth-order valence-corrected chi connectivity index (χ4v) is 3.03. The number of ether oxygens (including phenoxy) is 4. The number of methoxy groups -OCH3 is 2. The standard InChI is InChI=1S/C23H21ClO5/c1-26-21-11-17(8-9-20(21)28-14-16-6-4-3-5-7-16)15-29-23-19(24)10-18(13-25)12-22(23)27-2/h3-13H,14-15H2,1-2H3. The average Bonchev–Trinajstić information content (AvgIpc) is 2.77. The Morgan fingerprint density at radius 1 is 0.793 bits per heavy atom. The van der Waals surface area contributed by atoms with E-state index in [1.165, 1.54) is 13.2 Å². The average molecular weight is 413 g/mol. The first kappa shape index (κ1) is 20.6. The highest BCUT2D eigenvalue weighted by molar-refractivity contribution is 6.32. The molecule has 0 bridgehead atoms. The maximum absolute atomic E-state index is 11.0. The van der Waals surface area contributed by atoms with Gasteiger partial charge in [0.25, 0.3) is 0 Å². The largest absolute Gasteiger partial charge is 0.493 e. The molecule has 6 heteroatoms. The second-order valence-electron chi connectivity index (χ2n) is 6.20. The predicted octanol–water partition coefficient (Wildman–Crippen LogP) is 5.33. The Balaban J connectivity index is 1.71. The number of aldehydes is 1. The van der Waals surface area contributed by atoms with Gasteiger partial charge in [-0.15, -0.1) is 0 Å². The zero-order valence-corrected chi connectivity index (χ0v) is 16.9. The number of benzene rings is 3. The molecule has 29 heavy (non-hydrogen) atoms. The van der Waals surface area contributed by atoms with Crippen LogP contribution in [0.2, 0.25) is 5.02 Å². The quantitative estimate of drug-likeness (QED) is 0.445. The van der Waals surface area contributed by atoms with Crippen LogP contribution in [0.25, 0.3) is 0 Å². The number of carbonyl (C=O) groups is 1. The van der Waals surface area contributed by atoms with Crippen LogP contribution in [0.1, 0.15) is 21.5 Å². The molecule has 3 aromatic carbocycles. The zero-order valence-electron chi connectivity index (χ0n) is 16.2. The van der Waals surface area contributed by atoms with Crippen molar-refractivity contribution in [3.63, 3.8) is 0 Å². The van der Waals surface area contributed by atoms with E-state index in [1.807, 2.05) is 48.5 Å². The van der Waals surface area contributed by atoms with Crippen molar-refractivity contribution >= 4 is 17.9 Å². The van der Waals surface area contributed by atoms with E-state index < -0.39 is 0 Å². The molecule has 0 spiro atoms. The third-order valence-electron chi connectivity index (χ3n) is 4.24. The third kappa shape index (κ3) is 5.21. The van der Waals surface area contributed by atoms with Crippen LogP contribution in [0, 0.1) is 0 Å². The van der Waals surface area contributed by atoms with Gasteiger partial charge < -0.3 is 18.9 Å².